The van der Waals surface area contributed by atoms with Crippen LogP contribution in [-0.2, 0) is 12.8 Å². The van der Waals surface area contributed by atoms with Crippen LogP contribution in [0, 0.1) is 0 Å². The van der Waals surface area contributed by atoms with Crippen molar-refractivity contribution >= 4 is 98.8 Å². The fourth-order valence-electron chi connectivity index (χ4n) is 12.3. The highest BCUT2D eigenvalue weighted by molar-refractivity contribution is 6.47. The van der Waals surface area contributed by atoms with Crippen LogP contribution in [0.4, 0.5) is 34.1 Å². The van der Waals surface area contributed by atoms with Gasteiger partial charge in [-0.25, -0.2) is 0 Å². The van der Waals surface area contributed by atoms with Crippen LogP contribution in [0.25, 0.3) is 86.9 Å². The second-order valence-corrected chi connectivity index (χ2v) is 20.9. The summed E-state index contributed by atoms with van der Waals surface area (Å²) < 4.78 is 0. The second-order valence-electron chi connectivity index (χ2n) is 20.9. The average molecular weight is 953 g/mol. The maximum Gasteiger partial charge on any atom is 0.0540 e. The lowest BCUT2D eigenvalue weighted by Crippen LogP contribution is -2.10. The summed E-state index contributed by atoms with van der Waals surface area (Å²) in [5, 5.41) is 15.4. The van der Waals surface area contributed by atoms with Gasteiger partial charge in [-0.1, -0.05) is 199 Å². The van der Waals surface area contributed by atoms with Gasteiger partial charge in [-0.2, -0.15) is 0 Å². The van der Waals surface area contributed by atoms with Crippen LogP contribution in [-0.4, -0.2) is 0 Å². The molecule has 2 heteroatoms. The van der Waals surface area contributed by atoms with Gasteiger partial charge in [0.1, 0.15) is 0 Å². The molecule has 13 rings (SSSR count). The summed E-state index contributed by atoms with van der Waals surface area (Å²) >= 11 is 0. The zero-order valence-corrected chi connectivity index (χ0v) is 43.2. The van der Waals surface area contributed by atoms with Crippen LogP contribution in [0.2, 0.25) is 0 Å². The quantitative estimate of drug-likeness (QED) is 0.120. The first-order valence-electron chi connectivity index (χ1n) is 26.8. The Balaban J connectivity index is 1.15. The summed E-state index contributed by atoms with van der Waals surface area (Å²) in [7, 11) is 0. The van der Waals surface area contributed by atoms with E-state index in [2.05, 4.69) is 270 Å². The van der Waals surface area contributed by atoms with Crippen molar-refractivity contribution in [1.82, 2.24) is 0 Å². The molecule has 0 radical (unpaired) electrons. The molecule has 0 aromatic heterocycles. The monoisotopic (exact) mass is 952 g/mol. The molecule has 0 fully saturated rings. The van der Waals surface area contributed by atoms with Crippen LogP contribution < -0.4 is 9.80 Å². The van der Waals surface area contributed by atoms with Crippen molar-refractivity contribution in [2.45, 2.75) is 66.2 Å². The number of aryl methyl sites for hydroxylation is 2. The smallest absolute Gasteiger partial charge is 0.0540 e. The number of nitrogens with zero attached hydrogens (tertiary/aromatic N) is 2. The number of hydrogen-bond acceptors (Lipinski definition) is 2. The third-order valence-corrected chi connectivity index (χ3v) is 16.1. The van der Waals surface area contributed by atoms with E-state index in [1.807, 2.05) is 0 Å². The zero-order valence-electron chi connectivity index (χ0n) is 43.2. The van der Waals surface area contributed by atoms with E-state index < -0.39 is 0 Å². The van der Waals surface area contributed by atoms with Gasteiger partial charge in [0.2, 0.25) is 0 Å². The Morgan fingerprint density at radius 2 is 0.595 bits per heavy atom. The fraction of sp³-hybridized carbons (Fsp3) is 0.139. The highest BCUT2D eigenvalue weighted by Crippen LogP contribution is 2.57. The van der Waals surface area contributed by atoms with Crippen molar-refractivity contribution in [1.29, 1.82) is 0 Å². The first-order valence-corrected chi connectivity index (χ1v) is 26.8. The maximum absolute atomic E-state index is 2.47. The minimum absolute atomic E-state index is 0.447. The summed E-state index contributed by atoms with van der Waals surface area (Å²) in [6.45, 7) is 13.5. The van der Waals surface area contributed by atoms with E-state index in [1.54, 1.807) is 0 Å². The molecule has 0 spiro atoms. The van der Waals surface area contributed by atoms with Crippen molar-refractivity contribution in [2.75, 3.05) is 9.80 Å². The second kappa shape index (κ2) is 18.2. The number of benzene rings is 11. The molecule has 0 bridgehead atoms. The van der Waals surface area contributed by atoms with E-state index in [4.69, 9.17) is 0 Å². The molecule has 0 aliphatic rings. The number of hydrogen-bond donors (Lipinski definition) is 0. The molecule has 0 aliphatic heterocycles. The lowest BCUT2D eigenvalue weighted by molar-refractivity contribution is 0.866. The molecule has 0 N–H and O–H groups in total. The Morgan fingerprint density at radius 3 is 0.919 bits per heavy atom. The van der Waals surface area contributed by atoms with Crippen LogP contribution in [0.3, 0.4) is 0 Å². The van der Waals surface area contributed by atoms with E-state index >= 15 is 0 Å². The van der Waals surface area contributed by atoms with E-state index in [1.165, 1.54) is 121 Å². The highest BCUT2D eigenvalue weighted by atomic mass is 15.1. The molecule has 358 valence electrons. The Hall–Kier alpha value is -8.46. The average Bonchev–Trinajstić information content (AvgIpc) is 4.07. The van der Waals surface area contributed by atoms with E-state index in [9.17, 15) is 0 Å². The SMILES string of the molecule is CCc1ccc(N(c2ccc(C(C)C)cc2)c2ccc3c4c(-c5ccccc5)c5c6cccc7c(N(c8ccc(CC)cc8)c8ccc(C(C)C)cc8)ccc(c5c(-c5ccccc5)c4c4cccc2c43)c76)cc1. The van der Waals surface area contributed by atoms with Gasteiger partial charge in [0.25, 0.3) is 0 Å². The summed E-state index contributed by atoms with van der Waals surface area (Å²) in [5.74, 6) is 0.894. The molecule has 0 heterocycles. The summed E-state index contributed by atoms with van der Waals surface area (Å²) in [6.07, 6.45) is 2.00. The van der Waals surface area contributed by atoms with Crippen molar-refractivity contribution in [3.63, 3.8) is 0 Å². The summed E-state index contributed by atoms with van der Waals surface area (Å²) in [6, 6.07) is 82.9. The Bertz CT molecular complexity index is 3820. The third kappa shape index (κ3) is 7.22. The molecule has 0 amide bonds. The van der Waals surface area contributed by atoms with Crippen molar-refractivity contribution in [3.8, 4) is 22.3 Å². The number of rotatable bonds is 12. The highest BCUT2D eigenvalue weighted by Gasteiger charge is 2.30. The molecule has 13 aromatic rings. The normalized spacial score (nSPS) is 12.0. The molecule has 2 nitrogen and oxygen atoms in total. The molecule has 0 atom stereocenters. The lowest BCUT2D eigenvalue weighted by atomic mass is 9.87. The predicted octanol–water partition coefficient (Wildman–Crippen LogP) is 21.1. The Morgan fingerprint density at radius 1 is 0.284 bits per heavy atom. The van der Waals surface area contributed by atoms with Crippen LogP contribution in [0.5, 0.6) is 0 Å². The molecule has 74 heavy (non-hydrogen) atoms. The van der Waals surface area contributed by atoms with Crippen molar-refractivity contribution in [2.24, 2.45) is 0 Å². The van der Waals surface area contributed by atoms with Gasteiger partial charge in [0.05, 0.1) is 11.4 Å². The first kappa shape index (κ1) is 45.4. The van der Waals surface area contributed by atoms with Crippen molar-refractivity contribution < 1.29 is 0 Å². The molecular formula is C72H60N2. The number of anilines is 6. The number of fused-ring (bicyclic) bond motifs is 6. The van der Waals surface area contributed by atoms with Crippen LogP contribution in [0.1, 0.15) is 75.6 Å². The van der Waals surface area contributed by atoms with Gasteiger partial charge in [0.15, 0.2) is 0 Å². The van der Waals surface area contributed by atoms with Gasteiger partial charge in [0, 0.05) is 33.5 Å². The van der Waals surface area contributed by atoms with E-state index in [0.29, 0.717) is 11.8 Å². The van der Waals surface area contributed by atoms with E-state index in [-0.39, 0.29) is 0 Å². The first-order chi connectivity index (χ1) is 36.3. The fourth-order valence-corrected chi connectivity index (χ4v) is 12.3. The standard InChI is InChI=1S/C72H60N2/c1-7-47-25-33-53(34-26-47)73(55-37-29-49(30-38-55)45(3)4)63-43-41-61-67-57(63)21-15-23-59(67)69-65(51-17-11-9-12-18-51)72-62-42-44-64(74(54-35-27-48(8-2)28-36-54)56-39-31-50(32-40-56)46(5)6)58-22-16-24-60(68(58)62)70(72)66(71(61)69)52-19-13-10-14-20-52/h9-46H,7-8H2,1-6H3. The lowest BCUT2D eigenvalue weighted by Gasteiger charge is -2.27. The van der Waals surface area contributed by atoms with Gasteiger partial charge in [-0.05, 0) is 184 Å². The third-order valence-electron chi connectivity index (χ3n) is 16.1. The van der Waals surface area contributed by atoms with Crippen LogP contribution >= 0.6 is 0 Å². The topological polar surface area (TPSA) is 6.48 Å². The Kier molecular flexibility index (Phi) is 11.2. The molecule has 0 aliphatic carbocycles. The molecule has 0 saturated carbocycles. The minimum atomic E-state index is 0.447. The largest absolute Gasteiger partial charge is 0.310 e. The molecule has 13 aromatic carbocycles. The zero-order chi connectivity index (χ0) is 50.2. The van der Waals surface area contributed by atoms with Gasteiger partial charge < -0.3 is 9.80 Å². The predicted molar refractivity (Wildman–Crippen MR) is 321 cm³/mol. The summed E-state index contributed by atoms with van der Waals surface area (Å²) in [4.78, 5) is 4.95. The maximum atomic E-state index is 2.47. The Labute approximate surface area is 435 Å². The van der Waals surface area contributed by atoms with Crippen LogP contribution in [0.15, 0.2) is 218 Å². The summed E-state index contributed by atoms with van der Waals surface area (Å²) in [5.41, 5.74) is 17.3. The van der Waals surface area contributed by atoms with E-state index in [0.717, 1.165) is 35.6 Å². The van der Waals surface area contributed by atoms with Gasteiger partial charge in [-0.3, -0.25) is 0 Å². The van der Waals surface area contributed by atoms with Gasteiger partial charge >= 0.3 is 0 Å². The van der Waals surface area contributed by atoms with Gasteiger partial charge in [-0.15, -0.1) is 0 Å². The molecular weight excluding hydrogens is 893 g/mol. The van der Waals surface area contributed by atoms with Crippen molar-refractivity contribution in [3.05, 3.63) is 241 Å². The minimum Gasteiger partial charge on any atom is -0.310 e. The molecule has 0 saturated heterocycles. The molecule has 0 unspecified atom stereocenters.